The number of hydrogen-bond acceptors (Lipinski definition) is 9. The Morgan fingerprint density at radius 2 is 1.44 bits per heavy atom. The molecule has 2 unspecified atom stereocenters. The molecule has 0 radical (unpaired) electrons. The molecule has 0 saturated carbocycles. The molecule has 2 aromatic carbocycles. The van der Waals surface area contributed by atoms with E-state index in [1.807, 2.05) is 61.0 Å². The molecule has 1 heterocycles. The van der Waals surface area contributed by atoms with Crippen LogP contribution in [0.1, 0.15) is 11.1 Å². The number of carbonyl (C=O) groups excluding carboxylic acids is 1. The van der Waals surface area contributed by atoms with Crippen molar-refractivity contribution in [3.8, 4) is 0 Å². The van der Waals surface area contributed by atoms with Crippen LogP contribution in [0.5, 0.6) is 0 Å². The summed E-state index contributed by atoms with van der Waals surface area (Å²) in [4.78, 5) is 33.1. The molecular weight excluding hydrogens is 503 g/mol. The molecular formula is C22H25O9PS2. The van der Waals surface area contributed by atoms with E-state index in [1.165, 1.54) is 0 Å². The van der Waals surface area contributed by atoms with Gasteiger partial charge in [0.15, 0.2) is 11.9 Å². The van der Waals surface area contributed by atoms with E-state index in [9.17, 15) is 24.3 Å². The van der Waals surface area contributed by atoms with Crippen LogP contribution in [0.2, 0.25) is 0 Å². The minimum absolute atomic E-state index is 0.0282. The second-order valence-corrected chi connectivity index (χ2v) is 10.1. The molecule has 0 spiro atoms. The van der Waals surface area contributed by atoms with Crippen LogP contribution in [0.25, 0.3) is 0 Å². The number of rotatable bonds is 12. The number of hydrogen-bond donors (Lipinski definition) is 3. The summed E-state index contributed by atoms with van der Waals surface area (Å²) in [6, 6.07) is 15.1. The largest absolute Gasteiger partial charge is 0.485 e. The van der Waals surface area contributed by atoms with E-state index in [-0.39, 0.29) is 24.7 Å². The van der Waals surface area contributed by atoms with Gasteiger partial charge in [-0.15, -0.1) is 23.5 Å². The maximum atomic E-state index is 12.6. The van der Waals surface area contributed by atoms with Gasteiger partial charge in [-0.2, -0.15) is 0 Å². The summed E-state index contributed by atoms with van der Waals surface area (Å²) >= 11 is 3.18. The van der Waals surface area contributed by atoms with Crippen LogP contribution >= 0.6 is 31.3 Å². The van der Waals surface area contributed by atoms with Crippen molar-refractivity contribution in [3.63, 3.8) is 0 Å². The summed E-state index contributed by atoms with van der Waals surface area (Å²) in [5, 5.41) is 9.66. The van der Waals surface area contributed by atoms with Gasteiger partial charge in [0, 0.05) is 9.79 Å². The minimum Gasteiger partial charge on any atom is -0.485 e. The van der Waals surface area contributed by atoms with Crippen LogP contribution in [0.3, 0.4) is 0 Å². The molecule has 1 aliphatic rings. The lowest BCUT2D eigenvalue weighted by atomic mass is 10.1. The van der Waals surface area contributed by atoms with Crippen molar-refractivity contribution in [3.05, 3.63) is 71.2 Å². The van der Waals surface area contributed by atoms with E-state index >= 15 is 0 Å². The van der Waals surface area contributed by atoms with E-state index in [0.29, 0.717) is 0 Å². The molecule has 0 aliphatic carbocycles. The standard InChI is InChI=1S/C22H25O9PS2/c1-33-16-7-3-14(4-8-16)12-28-20-19(18(11-23)31-32(25,26)27)30-22(24)21(20)29-13-15-5-9-17(34-2)10-6-15/h3-10,18-19,23H,11-13H2,1-2H3,(H2,25,26,27). The maximum Gasteiger partial charge on any atom is 0.470 e. The molecule has 12 heteroatoms. The van der Waals surface area contributed by atoms with E-state index in [2.05, 4.69) is 4.52 Å². The summed E-state index contributed by atoms with van der Waals surface area (Å²) in [7, 11) is -4.99. The molecule has 1 aliphatic heterocycles. The zero-order chi connectivity index (χ0) is 24.7. The SMILES string of the molecule is CSc1ccc(COC2=C(OCc3ccc(SC)cc3)C(C(CO)OP(=O)(O)O)OC2=O)cc1. The average molecular weight is 529 g/mol. The molecule has 0 fully saturated rings. The molecule has 3 N–H and O–H groups in total. The van der Waals surface area contributed by atoms with Gasteiger partial charge in [0.05, 0.1) is 6.61 Å². The fourth-order valence-electron chi connectivity index (χ4n) is 3.10. The Bertz CT molecular complexity index is 1050. The van der Waals surface area contributed by atoms with Gasteiger partial charge in [0.1, 0.15) is 19.3 Å². The second kappa shape index (κ2) is 12.1. The zero-order valence-corrected chi connectivity index (χ0v) is 21.0. The number of phosphoric acid groups is 1. The molecule has 184 valence electrons. The highest BCUT2D eigenvalue weighted by atomic mass is 32.2. The van der Waals surface area contributed by atoms with Gasteiger partial charge in [-0.25, -0.2) is 9.36 Å². The first-order chi connectivity index (χ1) is 16.2. The van der Waals surface area contributed by atoms with Crippen LogP contribution < -0.4 is 0 Å². The quantitative estimate of drug-likeness (QED) is 0.213. The minimum atomic E-state index is -4.99. The van der Waals surface area contributed by atoms with Crippen LogP contribution in [-0.2, 0) is 41.3 Å². The topological polar surface area (TPSA) is 132 Å². The number of phosphoric ester groups is 1. The van der Waals surface area contributed by atoms with E-state index < -0.39 is 32.6 Å². The number of benzene rings is 2. The molecule has 3 rings (SSSR count). The fourth-order valence-corrected chi connectivity index (χ4v) is 4.44. The summed E-state index contributed by atoms with van der Waals surface area (Å²) in [5.41, 5.74) is 1.57. The van der Waals surface area contributed by atoms with Crippen molar-refractivity contribution in [2.45, 2.75) is 35.2 Å². The number of aliphatic hydroxyl groups is 1. The number of thioether (sulfide) groups is 2. The number of carbonyl (C=O) groups is 1. The molecule has 2 atom stereocenters. The second-order valence-electron chi connectivity index (χ2n) is 7.11. The summed E-state index contributed by atoms with van der Waals surface area (Å²) < 4.78 is 32.8. The monoisotopic (exact) mass is 528 g/mol. The summed E-state index contributed by atoms with van der Waals surface area (Å²) in [6.45, 7) is -0.771. The first-order valence-electron chi connectivity index (χ1n) is 10.1. The Balaban J connectivity index is 1.84. The van der Waals surface area contributed by atoms with Crippen molar-refractivity contribution in [1.82, 2.24) is 0 Å². The molecule has 0 aromatic heterocycles. The van der Waals surface area contributed by atoms with Gasteiger partial charge in [-0.1, -0.05) is 24.3 Å². The molecule has 0 bridgehead atoms. The highest BCUT2D eigenvalue weighted by Crippen LogP contribution is 2.41. The van der Waals surface area contributed by atoms with Crippen molar-refractivity contribution in [2.24, 2.45) is 0 Å². The highest BCUT2D eigenvalue weighted by Gasteiger charge is 2.45. The van der Waals surface area contributed by atoms with Gasteiger partial charge in [-0.05, 0) is 47.9 Å². The number of cyclic esters (lactones) is 1. The number of esters is 1. The van der Waals surface area contributed by atoms with Crippen molar-refractivity contribution in [1.29, 1.82) is 0 Å². The van der Waals surface area contributed by atoms with Gasteiger partial charge in [0.25, 0.3) is 0 Å². The Morgan fingerprint density at radius 3 is 1.88 bits per heavy atom. The average Bonchev–Trinajstić information content (AvgIpc) is 3.14. The maximum absolute atomic E-state index is 12.6. The lowest BCUT2D eigenvalue weighted by Crippen LogP contribution is -2.34. The summed E-state index contributed by atoms with van der Waals surface area (Å²) in [5.74, 6) is -1.23. The Kier molecular flexibility index (Phi) is 9.49. The van der Waals surface area contributed by atoms with Gasteiger partial charge in [-0.3, -0.25) is 4.52 Å². The molecule has 34 heavy (non-hydrogen) atoms. The van der Waals surface area contributed by atoms with Gasteiger partial charge >= 0.3 is 13.8 Å². The molecule has 0 amide bonds. The first-order valence-corrected chi connectivity index (χ1v) is 14.0. The Morgan fingerprint density at radius 1 is 0.941 bits per heavy atom. The Hall–Kier alpha value is -1.98. The zero-order valence-electron chi connectivity index (χ0n) is 18.4. The molecule has 9 nitrogen and oxygen atoms in total. The van der Waals surface area contributed by atoms with Crippen molar-refractivity contribution in [2.75, 3.05) is 19.1 Å². The number of aliphatic hydroxyl groups excluding tert-OH is 1. The Labute approximate surface area is 205 Å². The lowest BCUT2D eigenvalue weighted by molar-refractivity contribution is -0.148. The lowest BCUT2D eigenvalue weighted by Gasteiger charge is -2.23. The van der Waals surface area contributed by atoms with E-state index in [1.54, 1.807) is 23.5 Å². The predicted octanol–water partition coefficient (Wildman–Crippen LogP) is 3.47. The van der Waals surface area contributed by atoms with Crippen LogP contribution in [0.15, 0.2) is 69.8 Å². The number of ether oxygens (including phenoxy) is 3. The smallest absolute Gasteiger partial charge is 0.470 e. The normalized spacial score (nSPS) is 17.0. The van der Waals surface area contributed by atoms with Crippen LogP contribution in [0.4, 0.5) is 0 Å². The first kappa shape index (κ1) is 26.6. The third-order valence-corrected chi connectivity index (χ3v) is 6.82. The molecule has 2 aromatic rings. The third kappa shape index (κ3) is 7.26. The highest BCUT2D eigenvalue weighted by molar-refractivity contribution is 7.98. The van der Waals surface area contributed by atoms with Gasteiger partial charge < -0.3 is 29.1 Å². The van der Waals surface area contributed by atoms with Crippen molar-refractivity contribution >= 4 is 37.3 Å². The van der Waals surface area contributed by atoms with Gasteiger partial charge in [0.2, 0.25) is 5.76 Å². The molecule has 0 saturated heterocycles. The third-order valence-electron chi connectivity index (χ3n) is 4.79. The predicted molar refractivity (Wildman–Crippen MR) is 127 cm³/mol. The van der Waals surface area contributed by atoms with Crippen LogP contribution in [0, 0.1) is 0 Å². The van der Waals surface area contributed by atoms with E-state index in [4.69, 9.17) is 14.2 Å². The fraction of sp³-hybridized carbons (Fsp3) is 0.318. The summed E-state index contributed by atoms with van der Waals surface area (Å²) in [6.07, 6.45) is 0.960. The van der Waals surface area contributed by atoms with Crippen LogP contribution in [-0.4, -0.2) is 52.2 Å². The van der Waals surface area contributed by atoms with E-state index in [0.717, 1.165) is 20.9 Å². The van der Waals surface area contributed by atoms with Crippen molar-refractivity contribution < 1.29 is 43.0 Å².